The topological polar surface area (TPSA) is 160 Å². The molecule has 3 atom stereocenters. The second-order valence-electron chi connectivity index (χ2n) is 7.75. The van der Waals surface area contributed by atoms with Crippen molar-refractivity contribution in [1.82, 2.24) is 15.5 Å². The van der Waals surface area contributed by atoms with Gasteiger partial charge in [-0.3, -0.25) is 19.3 Å². The molecular weight excluding hydrogens is 396 g/mol. The zero-order chi connectivity index (χ0) is 22.1. The van der Waals surface area contributed by atoms with Crippen molar-refractivity contribution in [3.05, 3.63) is 0 Å². The van der Waals surface area contributed by atoms with Crippen molar-refractivity contribution in [3.63, 3.8) is 0 Å². The van der Waals surface area contributed by atoms with E-state index in [2.05, 4.69) is 10.6 Å². The van der Waals surface area contributed by atoms with Crippen LogP contribution in [0, 0.1) is 11.8 Å². The molecular formula is C19H32N4O7. The molecule has 0 aromatic heterocycles. The molecule has 2 aliphatic rings. The second kappa shape index (κ2) is 11.7. The minimum atomic E-state index is -1.24. The lowest BCUT2D eigenvalue weighted by Crippen LogP contribution is -2.55. The van der Waals surface area contributed by atoms with Gasteiger partial charge < -0.3 is 30.9 Å². The first-order valence-electron chi connectivity index (χ1n) is 10.3. The monoisotopic (exact) mass is 428 g/mol. The highest BCUT2D eigenvalue weighted by Crippen LogP contribution is 2.35. The van der Waals surface area contributed by atoms with Gasteiger partial charge in [-0.25, -0.2) is 4.79 Å². The predicted molar refractivity (Wildman–Crippen MR) is 105 cm³/mol. The normalized spacial score (nSPS) is 20.3. The van der Waals surface area contributed by atoms with Crippen LogP contribution in [0.15, 0.2) is 0 Å². The molecule has 11 nitrogen and oxygen atoms in total. The van der Waals surface area contributed by atoms with Crippen molar-refractivity contribution >= 4 is 23.8 Å². The average molecular weight is 428 g/mol. The number of primary amides is 1. The SMILES string of the molecule is COCCOCCN(C(=O)O)[C@@H](CC1CC1)C(=O)N[C@@H](C[C@@H]1CCNC1=O)C(N)=O. The summed E-state index contributed by atoms with van der Waals surface area (Å²) in [6.45, 7) is 1.34. The Morgan fingerprint density at radius 3 is 2.50 bits per heavy atom. The number of carboxylic acid groups (broad SMARTS) is 1. The Morgan fingerprint density at radius 2 is 1.97 bits per heavy atom. The van der Waals surface area contributed by atoms with E-state index >= 15 is 0 Å². The number of methoxy groups -OCH3 is 1. The van der Waals surface area contributed by atoms with Gasteiger partial charge in [0.25, 0.3) is 0 Å². The van der Waals surface area contributed by atoms with Gasteiger partial charge in [-0.15, -0.1) is 0 Å². The summed E-state index contributed by atoms with van der Waals surface area (Å²) in [6, 6.07) is -2.00. The fourth-order valence-electron chi connectivity index (χ4n) is 3.51. The summed E-state index contributed by atoms with van der Waals surface area (Å²) >= 11 is 0. The minimum Gasteiger partial charge on any atom is -0.465 e. The maximum absolute atomic E-state index is 13.0. The molecule has 5 N–H and O–H groups in total. The fourth-order valence-corrected chi connectivity index (χ4v) is 3.51. The molecule has 4 amide bonds. The van der Waals surface area contributed by atoms with Gasteiger partial charge in [-0.1, -0.05) is 12.8 Å². The summed E-state index contributed by atoms with van der Waals surface area (Å²) in [6.07, 6.45) is 1.65. The highest BCUT2D eigenvalue weighted by Gasteiger charge is 2.38. The number of hydrogen-bond donors (Lipinski definition) is 4. The molecule has 0 radical (unpaired) electrons. The first kappa shape index (κ1) is 23.9. The number of carbonyl (C=O) groups excluding carboxylic acids is 3. The zero-order valence-electron chi connectivity index (χ0n) is 17.3. The number of hydrogen-bond acceptors (Lipinski definition) is 6. The van der Waals surface area contributed by atoms with E-state index in [1.807, 2.05) is 0 Å². The number of nitrogens with two attached hydrogens (primary N) is 1. The Hall–Kier alpha value is -2.40. The molecule has 1 aliphatic heterocycles. The van der Waals surface area contributed by atoms with Crippen LogP contribution in [0.2, 0.25) is 0 Å². The van der Waals surface area contributed by atoms with E-state index in [4.69, 9.17) is 15.2 Å². The molecule has 1 saturated heterocycles. The minimum absolute atomic E-state index is 0.0100. The van der Waals surface area contributed by atoms with Crippen molar-refractivity contribution in [3.8, 4) is 0 Å². The number of nitrogens with one attached hydrogen (secondary N) is 2. The Kier molecular flexibility index (Phi) is 9.31. The third-order valence-electron chi connectivity index (χ3n) is 5.43. The maximum Gasteiger partial charge on any atom is 0.408 e. The van der Waals surface area contributed by atoms with Gasteiger partial charge >= 0.3 is 6.09 Å². The van der Waals surface area contributed by atoms with E-state index < -0.39 is 35.9 Å². The molecule has 2 fully saturated rings. The molecule has 1 saturated carbocycles. The van der Waals surface area contributed by atoms with Gasteiger partial charge in [0, 0.05) is 26.1 Å². The van der Waals surface area contributed by atoms with Gasteiger partial charge in [0.15, 0.2) is 0 Å². The van der Waals surface area contributed by atoms with Crippen LogP contribution < -0.4 is 16.4 Å². The van der Waals surface area contributed by atoms with Gasteiger partial charge in [-0.2, -0.15) is 0 Å². The second-order valence-corrected chi connectivity index (χ2v) is 7.75. The van der Waals surface area contributed by atoms with Gasteiger partial charge in [-0.05, 0) is 25.2 Å². The molecule has 11 heteroatoms. The molecule has 170 valence electrons. The number of amides is 4. The summed E-state index contributed by atoms with van der Waals surface area (Å²) < 4.78 is 10.2. The molecule has 0 aromatic rings. The highest BCUT2D eigenvalue weighted by atomic mass is 16.5. The van der Waals surface area contributed by atoms with Crippen LogP contribution in [0.5, 0.6) is 0 Å². The Morgan fingerprint density at radius 1 is 1.23 bits per heavy atom. The van der Waals surface area contributed by atoms with Gasteiger partial charge in [0.2, 0.25) is 17.7 Å². The molecule has 1 aliphatic carbocycles. The Labute approximate surface area is 175 Å². The summed E-state index contributed by atoms with van der Waals surface area (Å²) in [5.41, 5.74) is 5.44. The first-order chi connectivity index (χ1) is 14.3. The highest BCUT2D eigenvalue weighted by molar-refractivity contribution is 5.91. The molecule has 0 aromatic carbocycles. The average Bonchev–Trinajstić information content (AvgIpc) is 3.43. The molecule has 0 bridgehead atoms. The Bertz CT molecular complexity index is 626. The lowest BCUT2D eigenvalue weighted by Gasteiger charge is -2.30. The van der Waals surface area contributed by atoms with Crippen LogP contribution in [0.25, 0.3) is 0 Å². The van der Waals surface area contributed by atoms with E-state index in [0.29, 0.717) is 32.6 Å². The number of rotatable bonds is 14. The maximum atomic E-state index is 13.0. The summed E-state index contributed by atoms with van der Waals surface area (Å²) in [5, 5.41) is 14.9. The molecule has 1 heterocycles. The zero-order valence-corrected chi connectivity index (χ0v) is 17.3. The van der Waals surface area contributed by atoms with E-state index in [9.17, 15) is 24.3 Å². The van der Waals surface area contributed by atoms with Crippen molar-refractivity contribution in [2.75, 3.05) is 40.0 Å². The molecule has 2 rings (SSSR count). The van der Waals surface area contributed by atoms with Crippen LogP contribution in [0.1, 0.15) is 32.1 Å². The quantitative estimate of drug-likeness (QED) is 0.266. The number of nitrogens with zero attached hydrogens (tertiary/aromatic N) is 1. The molecule has 30 heavy (non-hydrogen) atoms. The van der Waals surface area contributed by atoms with E-state index in [1.54, 1.807) is 0 Å². The van der Waals surface area contributed by atoms with E-state index in [1.165, 1.54) is 7.11 Å². The molecule has 0 unspecified atom stereocenters. The van der Waals surface area contributed by atoms with Crippen LogP contribution in [0.4, 0.5) is 4.79 Å². The number of carbonyl (C=O) groups is 4. The summed E-state index contributed by atoms with van der Waals surface area (Å²) in [5.74, 6) is -1.65. The third kappa shape index (κ3) is 7.45. The van der Waals surface area contributed by atoms with Crippen LogP contribution >= 0.6 is 0 Å². The van der Waals surface area contributed by atoms with Gasteiger partial charge in [0.05, 0.1) is 19.8 Å². The van der Waals surface area contributed by atoms with E-state index in [0.717, 1.165) is 17.7 Å². The van der Waals surface area contributed by atoms with Crippen LogP contribution in [0.3, 0.4) is 0 Å². The Balaban J connectivity index is 2.02. The van der Waals surface area contributed by atoms with Crippen LogP contribution in [-0.4, -0.2) is 85.9 Å². The lowest BCUT2D eigenvalue weighted by atomic mass is 9.97. The lowest BCUT2D eigenvalue weighted by molar-refractivity contribution is -0.132. The van der Waals surface area contributed by atoms with Gasteiger partial charge in [0.1, 0.15) is 12.1 Å². The van der Waals surface area contributed by atoms with Crippen molar-refractivity contribution in [2.24, 2.45) is 17.6 Å². The van der Waals surface area contributed by atoms with Crippen molar-refractivity contribution in [2.45, 2.75) is 44.2 Å². The predicted octanol–water partition coefficient (Wildman–Crippen LogP) is -0.706. The fraction of sp³-hybridized carbons (Fsp3) is 0.789. The van der Waals surface area contributed by atoms with Crippen LogP contribution in [-0.2, 0) is 23.9 Å². The summed E-state index contributed by atoms with van der Waals surface area (Å²) in [4.78, 5) is 49.5. The summed E-state index contributed by atoms with van der Waals surface area (Å²) in [7, 11) is 1.53. The standard InChI is InChI=1S/C19H32N4O7/c1-29-8-9-30-7-6-23(19(27)28)15(10-12-2-3-12)18(26)22-14(16(20)24)11-13-4-5-21-17(13)25/h12-15H,2-11H2,1H3,(H2,20,24)(H,21,25)(H,22,26)(H,27,28)/t13-,14-,15-/m0/s1. The first-order valence-corrected chi connectivity index (χ1v) is 10.3. The third-order valence-corrected chi connectivity index (χ3v) is 5.43. The smallest absolute Gasteiger partial charge is 0.408 e. The largest absolute Gasteiger partial charge is 0.465 e. The number of ether oxygens (including phenoxy) is 2. The van der Waals surface area contributed by atoms with E-state index in [-0.39, 0.29) is 31.4 Å². The van der Waals surface area contributed by atoms with Crippen molar-refractivity contribution in [1.29, 1.82) is 0 Å². The van der Waals surface area contributed by atoms with Crippen molar-refractivity contribution < 1.29 is 33.8 Å². The molecule has 0 spiro atoms.